The van der Waals surface area contributed by atoms with Crippen molar-refractivity contribution in [2.75, 3.05) is 13.2 Å². The van der Waals surface area contributed by atoms with Crippen molar-refractivity contribution < 1.29 is 23.5 Å². The van der Waals surface area contributed by atoms with Gasteiger partial charge in [-0.05, 0) is 48.2 Å². The fourth-order valence-electron chi connectivity index (χ4n) is 4.95. The van der Waals surface area contributed by atoms with Crippen LogP contribution in [0.4, 0.5) is 4.39 Å². The summed E-state index contributed by atoms with van der Waals surface area (Å²) < 4.78 is 25.0. The van der Waals surface area contributed by atoms with Gasteiger partial charge in [0.05, 0.1) is 11.5 Å². The molecular weight excluding hydrogens is 477 g/mol. The highest BCUT2D eigenvalue weighted by molar-refractivity contribution is 7.10. The van der Waals surface area contributed by atoms with Crippen LogP contribution in [0.15, 0.2) is 95.2 Å². The van der Waals surface area contributed by atoms with E-state index in [0.29, 0.717) is 29.0 Å². The highest BCUT2D eigenvalue weighted by atomic mass is 32.1. The standard InChI is InChI=1S/C29H26FNO4S/c1-18-26(29(33)35-14-13-34-22-6-3-2-4-7-22)27(19-9-11-21(30)12-10-19)28-23(31-18)16-20(17-24(28)32)25-8-5-15-36-25/h2-12,15-16,20,27-28,31H,13-14,17H2,1H3. The molecule has 3 aromatic rings. The number of hydrogen-bond donors (Lipinski definition) is 1. The van der Waals surface area contributed by atoms with Gasteiger partial charge in [-0.25, -0.2) is 9.18 Å². The summed E-state index contributed by atoms with van der Waals surface area (Å²) in [6.45, 7) is 2.07. The molecule has 5 rings (SSSR count). The van der Waals surface area contributed by atoms with Crippen molar-refractivity contribution in [1.29, 1.82) is 0 Å². The van der Waals surface area contributed by atoms with Crippen LogP contribution in [0.5, 0.6) is 5.75 Å². The summed E-state index contributed by atoms with van der Waals surface area (Å²) in [6, 6.07) is 19.3. The van der Waals surface area contributed by atoms with Crippen molar-refractivity contribution in [2.24, 2.45) is 5.92 Å². The third-order valence-corrected chi connectivity index (χ3v) is 7.55. The normalized spacial score (nSPS) is 21.3. The Morgan fingerprint density at radius 3 is 2.53 bits per heavy atom. The van der Waals surface area contributed by atoms with E-state index in [1.807, 2.05) is 54.8 Å². The summed E-state index contributed by atoms with van der Waals surface area (Å²) in [4.78, 5) is 28.0. The minimum Gasteiger partial charge on any atom is -0.490 e. The van der Waals surface area contributed by atoms with E-state index in [1.54, 1.807) is 23.5 Å². The first-order chi connectivity index (χ1) is 17.5. The van der Waals surface area contributed by atoms with E-state index in [-0.39, 0.29) is 30.7 Å². The zero-order valence-corrected chi connectivity index (χ0v) is 20.6. The zero-order chi connectivity index (χ0) is 25.1. The molecule has 0 radical (unpaired) electrons. The number of ether oxygens (including phenoxy) is 2. The second kappa shape index (κ2) is 10.5. The molecule has 3 unspecified atom stereocenters. The molecule has 1 aliphatic carbocycles. The summed E-state index contributed by atoms with van der Waals surface area (Å²) >= 11 is 1.62. The number of ketones is 1. The van der Waals surface area contributed by atoms with Crippen molar-refractivity contribution in [2.45, 2.75) is 25.2 Å². The first-order valence-electron chi connectivity index (χ1n) is 11.9. The molecule has 2 heterocycles. The van der Waals surface area contributed by atoms with Crippen LogP contribution in [0, 0.1) is 11.7 Å². The van der Waals surface area contributed by atoms with Gasteiger partial charge in [0.1, 0.15) is 30.6 Å². The van der Waals surface area contributed by atoms with Crippen LogP contribution in [0.2, 0.25) is 0 Å². The number of fused-ring (bicyclic) bond motifs is 1. The van der Waals surface area contributed by atoms with E-state index in [4.69, 9.17) is 9.47 Å². The third kappa shape index (κ3) is 4.97. The van der Waals surface area contributed by atoms with Crippen molar-refractivity contribution in [3.05, 3.63) is 111 Å². The quantitative estimate of drug-likeness (QED) is 0.330. The van der Waals surface area contributed by atoms with Crippen molar-refractivity contribution in [3.8, 4) is 5.75 Å². The first kappa shape index (κ1) is 24.0. The zero-order valence-electron chi connectivity index (χ0n) is 19.8. The molecule has 1 aliphatic heterocycles. The van der Waals surface area contributed by atoms with Crippen LogP contribution in [0.1, 0.15) is 35.6 Å². The lowest BCUT2D eigenvalue weighted by atomic mass is 9.69. The SMILES string of the molecule is CC1=C(C(=O)OCCOc2ccccc2)C(c2ccc(F)cc2)C2C(=O)CC(c3cccs3)C=C2N1. The van der Waals surface area contributed by atoms with E-state index in [0.717, 1.165) is 10.6 Å². The predicted octanol–water partition coefficient (Wildman–Crippen LogP) is 5.73. The van der Waals surface area contributed by atoms with E-state index < -0.39 is 17.8 Å². The number of carbonyl (C=O) groups excluding carboxylic acids is 2. The maximum absolute atomic E-state index is 13.7. The fourth-order valence-corrected chi connectivity index (χ4v) is 5.75. The Kier molecular flexibility index (Phi) is 7.00. The van der Waals surface area contributed by atoms with Gasteiger partial charge in [0.2, 0.25) is 0 Å². The summed E-state index contributed by atoms with van der Waals surface area (Å²) in [5, 5.41) is 5.32. The van der Waals surface area contributed by atoms with Gasteiger partial charge in [0.25, 0.3) is 0 Å². The number of halogens is 1. The second-order valence-corrected chi connectivity index (χ2v) is 9.86. The van der Waals surface area contributed by atoms with E-state index in [1.165, 1.54) is 12.1 Å². The van der Waals surface area contributed by atoms with Crippen molar-refractivity contribution >= 4 is 23.1 Å². The van der Waals surface area contributed by atoms with Crippen LogP contribution in [-0.2, 0) is 14.3 Å². The average Bonchev–Trinajstić information content (AvgIpc) is 3.42. The Labute approximate surface area is 213 Å². The van der Waals surface area contributed by atoms with Gasteiger partial charge in [-0.3, -0.25) is 4.79 Å². The number of Topliss-reactive ketones (excluding diaryl/α,β-unsaturated/α-hetero) is 1. The highest BCUT2D eigenvalue weighted by Gasteiger charge is 2.45. The van der Waals surface area contributed by atoms with Crippen LogP contribution in [-0.4, -0.2) is 25.0 Å². The van der Waals surface area contributed by atoms with Gasteiger partial charge in [-0.2, -0.15) is 0 Å². The van der Waals surface area contributed by atoms with Crippen LogP contribution >= 0.6 is 11.3 Å². The summed E-state index contributed by atoms with van der Waals surface area (Å²) in [5.41, 5.74) is 2.48. The molecule has 0 amide bonds. The Morgan fingerprint density at radius 2 is 1.81 bits per heavy atom. The lowest BCUT2D eigenvalue weighted by molar-refractivity contribution is -0.140. The Bertz CT molecular complexity index is 1300. The molecule has 7 heteroatoms. The Morgan fingerprint density at radius 1 is 1.03 bits per heavy atom. The number of nitrogens with one attached hydrogen (secondary N) is 1. The lowest BCUT2D eigenvalue weighted by Gasteiger charge is -2.39. The molecule has 3 atom stereocenters. The minimum absolute atomic E-state index is 0.0124. The van der Waals surface area contributed by atoms with Gasteiger partial charge >= 0.3 is 5.97 Å². The molecule has 0 saturated heterocycles. The van der Waals surface area contributed by atoms with E-state index >= 15 is 0 Å². The van der Waals surface area contributed by atoms with E-state index in [9.17, 15) is 14.0 Å². The number of benzene rings is 2. The number of carbonyl (C=O) groups is 2. The molecule has 0 saturated carbocycles. The average molecular weight is 504 g/mol. The maximum atomic E-state index is 13.7. The molecule has 1 aromatic heterocycles. The number of rotatable bonds is 7. The van der Waals surface area contributed by atoms with Gasteiger partial charge in [0.15, 0.2) is 0 Å². The molecule has 5 nitrogen and oxygen atoms in total. The molecule has 2 aromatic carbocycles. The molecule has 0 fully saturated rings. The van der Waals surface area contributed by atoms with Crippen LogP contribution < -0.4 is 10.1 Å². The molecular formula is C29H26FNO4S. The topological polar surface area (TPSA) is 64.6 Å². The van der Waals surface area contributed by atoms with Gasteiger partial charge in [-0.1, -0.05) is 42.5 Å². The lowest BCUT2D eigenvalue weighted by Crippen LogP contribution is -2.42. The monoisotopic (exact) mass is 503 g/mol. The smallest absolute Gasteiger partial charge is 0.336 e. The largest absolute Gasteiger partial charge is 0.490 e. The third-order valence-electron chi connectivity index (χ3n) is 6.55. The number of thiophene rings is 1. The molecule has 184 valence electrons. The summed E-state index contributed by atoms with van der Waals surface area (Å²) in [5.74, 6) is -1.32. The number of esters is 1. The van der Waals surface area contributed by atoms with Gasteiger partial charge in [-0.15, -0.1) is 11.3 Å². The molecule has 1 N–H and O–H groups in total. The Balaban J connectivity index is 1.42. The summed E-state index contributed by atoms with van der Waals surface area (Å²) in [7, 11) is 0. The minimum atomic E-state index is -0.572. The van der Waals surface area contributed by atoms with Crippen LogP contribution in [0.25, 0.3) is 0 Å². The van der Waals surface area contributed by atoms with Gasteiger partial charge in [0, 0.05) is 34.5 Å². The first-order valence-corrected chi connectivity index (χ1v) is 12.8. The maximum Gasteiger partial charge on any atom is 0.336 e. The number of para-hydroxylation sites is 1. The molecule has 0 spiro atoms. The fraction of sp³-hybridized carbons (Fsp3) is 0.241. The number of hydrogen-bond acceptors (Lipinski definition) is 6. The second-order valence-electron chi connectivity index (χ2n) is 8.88. The van der Waals surface area contributed by atoms with Crippen LogP contribution in [0.3, 0.4) is 0 Å². The van der Waals surface area contributed by atoms with Crippen molar-refractivity contribution in [3.63, 3.8) is 0 Å². The highest BCUT2D eigenvalue weighted by Crippen LogP contribution is 2.46. The predicted molar refractivity (Wildman–Crippen MR) is 136 cm³/mol. The van der Waals surface area contributed by atoms with Crippen molar-refractivity contribution in [1.82, 2.24) is 5.32 Å². The molecule has 2 aliphatic rings. The van der Waals surface area contributed by atoms with Gasteiger partial charge < -0.3 is 14.8 Å². The summed E-state index contributed by atoms with van der Waals surface area (Å²) in [6.07, 6.45) is 2.44. The number of allylic oxidation sites excluding steroid dienone is 3. The molecule has 36 heavy (non-hydrogen) atoms. The van der Waals surface area contributed by atoms with E-state index in [2.05, 4.69) is 11.4 Å². The molecule has 0 bridgehead atoms. The Hall–Kier alpha value is -3.71.